The second-order valence-corrected chi connectivity index (χ2v) is 11.4. The Morgan fingerprint density at radius 1 is 1.17 bits per heavy atom. The average Bonchev–Trinajstić information content (AvgIpc) is 3.12. The van der Waals surface area contributed by atoms with Gasteiger partial charge in [-0.25, -0.2) is 0 Å². The molecule has 8 heteroatoms. The molecule has 35 heavy (non-hydrogen) atoms. The summed E-state index contributed by atoms with van der Waals surface area (Å²) < 4.78 is 0. The first-order chi connectivity index (χ1) is 16.4. The van der Waals surface area contributed by atoms with E-state index in [-0.39, 0.29) is 35.0 Å². The highest BCUT2D eigenvalue weighted by Crippen LogP contribution is 2.65. The molecular formula is C27H33N5O3. The van der Waals surface area contributed by atoms with Crippen molar-refractivity contribution in [2.45, 2.75) is 59.7 Å². The predicted octanol–water partition coefficient (Wildman–Crippen LogP) is 2.95. The van der Waals surface area contributed by atoms with Gasteiger partial charge in [0.2, 0.25) is 17.7 Å². The van der Waals surface area contributed by atoms with Gasteiger partial charge < -0.3 is 15.5 Å². The number of nitrogens with one attached hydrogen (secondary N) is 2. The van der Waals surface area contributed by atoms with E-state index in [0.29, 0.717) is 12.1 Å². The van der Waals surface area contributed by atoms with Crippen LogP contribution in [0.1, 0.15) is 53.1 Å². The fourth-order valence-corrected chi connectivity index (χ4v) is 5.61. The summed E-state index contributed by atoms with van der Waals surface area (Å²) in [5.74, 6) is -0.728. The smallest absolute Gasteiger partial charge is 0.246 e. The van der Waals surface area contributed by atoms with Gasteiger partial charge in [-0.05, 0) is 28.1 Å². The monoisotopic (exact) mass is 475 g/mol. The van der Waals surface area contributed by atoms with E-state index in [4.69, 9.17) is 0 Å². The molecule has 8 nitrogen and oxygen atoms in total. The number of likely N-dealkylation sites (tertiary alicyclic amines) is 1. The predicted molar refractivity (Wildman–Crippen MR) is 132 cm³/mol. The molecule has 0 bridgehead atoms. The van der Waals surface area contributed by atoms with Crippen molar-refractivity contribution in [1.82, 2.24) is 20.5 Å². The summed E-state index contributed by atoms with van der Waals surface area (Å²) in [4.78, 5) is 45.1. The molecule has 0 radical (unpaired) electrons. The Balaban J connectivity index is 1.63. The second kappa shape index (κ2) is 8.63. The molecule has 5 atom stereocenters. The number of carbonyl (C=O) groups is 3. The number of nitriles is 1. The molecule has 1 saturated heterocycles. The largest absolute Gasteiger partial charge is 0.344 e. The molecule has 0 spiro atoms. The summed E-state index contributed by atoms with van der Waals surface area (Å²) in [6.45, 7) is 11.7. The van der Waals surface area contributed by atoms with E-state index in [1.165, 1.54) is 6.92 Å². The molecule has 3 amide bonds. The molecular weight excluding hydrogens is 442 g/mol. The molecule has 1 aliphatic carbocycles. The highest BCUT2D eigenvalue weighted by atomic mass is 16.2. The molecule has 1 aromatic heterocycles. The maximum atomic E-state index is 13.7. The number of amides is 3. The lowest BCUT2D eigenvalue weighted by atomic mass is 9.85. The Bertz CT molecular complexity index is 1220. The van der Waals surface area contributed by atoms with Gasteiger partial charge in [-0.2, -0.15) is 5.26 Å². The van der Waals surface area contributed by atoms with Crippen molar-refractivity contribution in [2.24, 2.45) is 22.7 Å². The topological polar surface area (TPSA) is 115 Å². The Kier molecular flexibility index (Phi) is 6.08. The van der Waals surface area contributed by atoms with Crippen molar-refractivity contribution in [1.29, 1.82) is 5.26 Å². The number of benzene rings is 1. The first kappa shape index (κ1) is 24.6. The van der Waals surface area contributed by atoms with Gasteiger partial charge in [0.05, 0.1) is 6.07 Å². The molecule has 0 unspecified atom stereocenters. The molecule has 1 saturated carbocycles. The van der Waals surface area contributed by atoms with E-state index >= 15 is 0 Å². The van der Waals surface area contributed by atoms with Crippen molar-refractivity contribution in [3.05, 3.63) is 42.2 Å². The lowest BCUT2D eigenvalue weighted by Crippen LogP contribution is -2.59. The van der Waals surface area contributed by atoms with Gasteiger partial charge >= 0.3 is 0 Å². The van der Waals surface area contributed by atoms with Crippen LogP contribution in [-0.2, 0) is 14.4 Å². The highest BCUT2D eigenvalue weighted by molar-refractivity contribution is 5.94. The van der Waals surface area contributed by atoms with E-state index in [9.17, 15) is 19.6 Å². The zero-order valence-electron chi connectivity index (χ0n) is 21.1. The highest BCUT2D eigenvalue weighted by Gasteiger charge is 2.69. The maximum absolute atomic E-state index is 13.7. The number of pyridine rings is 1. The number of nitrogens with zero attached hydrogens (tertiary/aromatic N) is 3. The fourth-order valence-electron chi connectivity index (χ4n) is 5.61. The lowest BCUT2D eigenvalue weighted by molar-refractivity contribution is -0.145. The lowest BCUT2D eigenvalue weighted by Gasteiger charge is -2.37. The molecule has 1 aliphatic heterocycles. The molecule has 1 aromatic carbocycles. The van der Waals surface area contributed by atoms with Crippen LogP contribution < -0.4 is 10.6 Å². The third-order valence-electron chi connectivity index (χ3n) is 7.65. The number of hydrogen-bond acceptors (Lipinski definition) is 5. The normalized spacial score (nSPS) is 24.1. The number of aromatic nitrogens is 1. The molecule has 2 aromatic rings. The summed E-state index contributed by atoms with van der Waals surface area (Å²) in [5, 5.41) is 17.4. The Morgan fingerprint density at radius 3 is 2.49 bits per heavy atom. The van der Waals surface area contributed by atoms with Gasteiger partial charge in [0.1, 0.15) is 18.1 Å². The quantitative estimate of drug-likeness (QED) is 0.690. The van der Waals surface area contributed by atoms with Crippen molar-refractivity contribution in [3.8, 4) is 6.07 Å². The second-order valence-electron chi connectivity index (χ2n) is 11.4. The van der Waals surface area contributed by atoms with E-state index < -0.39 is 23.5 Å². The molecule has 4 rings (SSSR count). The Morgan fingerprint density at radius 2 is 1.86 bits per heavy atom. The van der Waals surface area contributed by atoms with Gasteiger partial charge in [0.15, 0.2) is 0 Å². The van der Waals surface area contributed by atoms with Crippen LogP contribution in [0.4, 0.5) is 0 Å². The van der Waals surface area contributed by atoms with E-state index in [1.54, 1.807) is 17.3 Å². The maximum Gasteiger partial charge on any atom is 0.246 e. The SMILES string of the molecule is CC(=O)N[C@H](C(=O)N1C[C@H]2[C@@H]([C@H]1C(=O)N[C@H](C#N)c1cncc3ccccc13)C2(C)C)C(C)(C)C. The first-order valence-corrected chi connectivity index (χ1v) is 12.0. The van der Waals surface area contributed by atoms with Crippen LogP contribution in [0.2, 0.25) is 0 Å². The van der Waals surface area contributed by atoms with Gasteiger partial charge in [-0.15, -0.1) is 0 Å². The Labute approximate surface area is 206 Å². The standard InChI is InChI=1S/C27H33N5O3/c1-15(33)30-23(26(2,3)4)25(35)32-14-19-21(27(19,5)6)22(32)24(34)31-20(11-28)18-13-29-12-16-9-7-8-10-17(16)18/h7-10,12-13,19-23H,14H2,1-6H3,(H,30,33)(H,31,34)/t19-,20+,21-,22-,23+/m0/s1. The summed E-state index contributed by atoms with van der Waals surface area (Å²) in [6, 6.07) is 7.40. The number of rotatable bonds is 5. The number of hydrogen-bond donors (Lipinski definition) is 2. The van der Waals surface area contributed by atoms with Crippen molar-refractivity contribution in [3.63, 3.8) is 0 Å². The van der Waals surface area contributed by atoms with Crippen LogP contribution >= 0.6 is 0 Å². The molecule has 2 fully saturated rings. The molecule has 184 valence electrons. The Hall–Kier alpha value is -3.47. The van der Waals surface area contributed by atoms with E-state index in [1.807, 2.05) is 45.0 Å². The molecule has 2 N–H and O–H groups in total. The zero-order valence-corrected chi connectivity index (χ0v) is 21.1. The third-order valence-corrected chi connectivity index (χ3v) is 7.65. The minimum Gasteiger partial charge on any atom is -0.344 e. The van der Waals surface area contributed by atoms with Crippen molar-refractivity contribution >= 4 is 28.5 Å². The average molecular weight is 476 g/mol. The first-order valence-electron chi connectivity index (χ1n) is 12.0. The zero-order chi connectivity index (χ0) is 25.7. The molecule has 2 aliphatic rings. The van der Waals surface area contributed by atoms with E-state index in [0.717, 1.165) is 10.8 Å². The van der Waals surface area contributed by atoms with Crippen molar-refractivity contribution in [2.75, 3.05) is 6.54 Å². The summed E-state index contributed by atoms with van der Waals surface area (Å²) >= 11 is 0. The number of fused-ring (bicyclic) bond motifs is 2. The number of piperidine rings is 1. The van der Waals surface area contributed by atoms with Crippen LogP contribution in [0.5, 0.6) is 0 Å². The minimum atomic E-state index is -0.910. The van der Waals surface area contributed by atoms with Gasteiger partial charge in [0, 0.05) is 36.8 Å². The van der Waals surface area contributed by atoms with Gasteiger partial charge in [-0.1, -0.05) is 58.9 Å². The fraction of sp³-hybridized carbons (Fsp3) is 0.519. The number of carbonyl (C=O) groups excluding carboxylic acids is 3. The van der Waals surface area contributed by atoms with E-state index in [2.05, 4.69) is 35.5 Å². The van der Waals surface area contributed by atoms with Gasteiger partial charge in [0.25, 0.3) is 0 Å². The minimum absolute atomic E-state index is 0.00520. The summed E-state index contributed by atoms with van der Waals surface area (Å²) in [7, 11) is 0. The van der Waals surface area contributed by atoms with Crippen LogP contribution in [-0.4, -0.2) is 46.2 Å². The molecule has 2 heterocycles. The van der Waals surface area contributed by atoms with Crippen molar-refractivity contribution < 1.29 is 14.4 Å². The van der Waals surface area contributed by atoms with Crippen LogP contribution in [0.3, 0.4) is 0 Å². The summed E-state index contributed by atoms with van der Waals surface area (Å²) in [6.07, 6.45) is 3.32. The van der Waals surface area contributed by atoms with Crippen LogP contribution in [0, 0.1) is 34.0 Å². The van der Waals surface area contributed by atoms with Gasteiger partial charge in [-0.3, -0.25) is 19.4 Å². The summed E-state index contributed by atoms with van der Waals surface area (Å²) in [5.41, 5.74) is 0.00973. The van der Waals surface area contributed by atoms with Crippen LogP contribution in [0.15, 0.2) is 36.7 Å². The van der Waals surface area contributed by atoms with Crippen LogP contribution in [0.25, 0.3) is 10.8 Å². The third kappa shape index (κ3) is 4.36.